The Labute approximate surface area is 101 Å². The van der Waals surface area contributed by atoms with Gasteiger partial charge in [0.2, 0.25) is 0 Å². The van der Waals surface area contributed by atoms with Crippen LogP contribution in [0.25, 0.3) is 0 Å². The van der Waals surface area contributed by atoms with Gasteiger partial charge in [-0.25, -0.2) is 4.79 Å². The summed E-state index contributed by atoms with van der Waals surface area (Å²) in [5, 5.41) is 11.4. The van der Waals surface area contributed by atoms with Crippen LogP contribution in [0.3, 0.4) is 0 Å². The molecule has 0 aromatic heterocycles. The minimum Gasteiger partial charge on any atom is -0.481 e. The first-order valence-corrected chi connectivity index (χ1v) is 5.79. The van der Waals surface area contributed by atoms with Crippen molar-refractivity contribution in [2.75, 3.05) is 20.7 Å². The van der Waals surface area contributed by atoms with E-state index in [9.17, 15) is 9.59 Å². The second-order valence-electron chi connectivity index (χ2n) is 4.38. The third kappa shape index (κ3) is 4.60. The van der Waals surface area contributed by atoms with Crippen LogP contribution in [0.15, 0.2) is 0 Å². The Kier molecular flexibility index (Phi) is 5.21. The van der Waals surface area contributed by atoms with Gasteiger partial charge in [-0.15, -0.1) is 0 Å². The van der Waals surface area contributed by atoms with Gasteiger partial charge >= 0.3 is 12.0 Å². The van der Waals surface area contributed by atoms with E-state index in [1.807, 2.05) is 0 Å². The van der Waals surface area contributed by atoms with Crippen molar-refractivity contribution in [1.82, 2.24) is 10.2 Å². The lowest BCUT2D eigenvalue weighted by Gasteiger charge is -2.20. The summed E-state index contributed by atoms with van der Waals surface area (Å²) in [6.45, 7) is 0.224. The van der Waals surface area contributed by atoms with E-state index in [-0.39, 0.29) is 31.1 Å². The van der Waals surface area contributed by atoms with Gasteiger partial charge < -0.3 is 20.1 Å². The van der Waals surface area contributed by atoms with E-state index in [4.69, 9.17) is 9.84 Å². The number of aliphatic carboxylic acids is 1. The highest BCUT2D eigenvalue weighted by Crippen LogP contribution is 2.21. The molecule has 0 aromatic rings. The van der Waals surface area contributed by atoms with Gasteiger partial charge in [0.05, 0.1) is 12.5 Å². The van der Waals surface area contributed by atoms with Gasteiger partial charge in [0, 0.05) is 26.7 Å². The number of carboxylic acids is 1. The third-order valence-corrected chi connectivity index (χ3v) is 3.05. The van der Waals surface area contributed by atoms with Crippen LogP contribution in [0.4, 0.5) is 4.79 Å². The van der Waals surface area contributed by atoms with Crippen molar-refractivity contribution in [3.8, 4) is 0 Å². The molecule has 0 spiro atoms. The molecule has 17 heavy (non-hydrogen) atoms. The number of hydrogen-bond acceptors (Lipinski definition) is 3. The average molecular weight is 244 g/mol. The number of carbonyl (C=O) groups excluding carboxylic acids is 1. The van der Waals surface area contributed by atoms with Crippen LogP contribution in [0.5, 0.6) is 0 Å². The van der Waals surface area contributed by atoms with Crippen molar-refractivity contribution >= 4 is 12.0 Å². The molecule has 0 saturated heterocycles. The fourth-order valence-electron chi connectivity index (χ4n) is 1.93. The van der Waals surface area contributed by atoms with Gasteiger partial charge in [0.25, 0.3) is 0 Å². The molecule has 1 aliphatic carbocycles. The number of nitrogens with one attached hydrogen (secondary N) is 1. The second-order valence-corrected chi connectivity index (χ2v) is 4.38. The van der Waals surface area contributed by atoms with Crippen molar-refractivity contribution in [2.24, 2.45) is 0 Å². The number of rotatable bonds is 5. The maximum absolute atomic E-state index is 11.7. The lowest BCUT2D eigenvalue weighted by atomic mass is 10.2. The van der Waals surface area contributed by atoms with Crippen LogP contribution in [0.2, 0.25) is 0 Å². The minimum atomic E-state index is -0.898. The zero-order valence-electron chi connectivity index (χ0n) is 10.3. The predicted molar refractivity (Wildman–Crippen MR) is 61.9 cm³/mol. The molecule has 98 valence electrons. The Balaban J connectivity index is 2.26. The summed E-state index contributed by atoms with van der Waals surface area (Å²) in [7, 11) is 3.27. The predicted octanol–water partition coefficient (Wildman–Crippen LogP) is 0.670. The van der Waals surface area contributed by atoms with E-state index in [0.717, 1.165) is 19.3 Å². The number of carboxylic acid groups (broad SMARTS) is 1. The van der Waals surface area contributed by atoms with Crippen molar-refractivity contribution < 1.29 is 19.4 Å². The highest BCUT2D eigenvalue weighted by molar-refractivity contribution is 5.75. The Hall–Kier alpha value is -1.30. The molecule has 0 aromatic carbocycles. The minimum absolute atomic E-state index is 0.0325. The van der Waals surface area contributed by atoms with Gasteiger partial charge in [0.1, 0.15) is 0 Å². The molecule has 1 aliphatic rings. The zero-order chi connectivity index (χ0) is 12.8. The molecule has 6 nitrogen and oxygen atoms in total. The summed E-state index contributed by atoms with van der Waals surface area (Å²) in [5.41, 5.74) is 0. The monoisotopic (exact) mass is 244 g/mol. The summed E-state index contributed by atoms with van der Waals surface area (Å²) < 4.78 is 5.22. The number of methoxy groups -OCH3 is 1. The number of carbonyl (C=O) groups is 2. The first-order chi connectivity index (χ1) is 8.02. The van der Waals surface area contributed by atoms with Crippen LogP contribution in [-0.2, 0) is 9.53 Å². The van der Waals surface area contributed by atoms with Gasteiger partial charge in [-0.3, -0.25) is 4.79 Å². The van der Waals surface area contributed by atoms with Crippen molar-refractivity contribution in [3.63, 3.8) is 0 Å². The number of nitrogens with zero attached hydrogens (tertiary/aromatic N) is 1. The molecule has 1 rings (SSSR count). The molecule has 2 atom stereocenters. The Morgan fingerprint density at radius 2 is 2.18 bits per heavy atom. The van der Waals surface area contributed by atoms with Gasteiger partial charge in [-0.1, -0.05) is 0 Å². The molecule has 2 N–H and O–H groups in total. The quantitative estimate of drug-likeness (QED) is 0.745. The van der Waals surface area contributed by atoms with Crippen LogP contribution in [0.1, 0.15) is 25.7 Å². The lowest BCUT2D eigenvalue weighted by Crippen LogP contribution is -2.43. The summed E-state index contributed by atoms with van der Waals surface area (Å²) in [6, 6.07) is -0.0762. The Bertz CT molecular complexity index is 283. The van der Waals surface area contributed by atoms with E-state index in [0.29, 0.717) is 0 Å². The second kappa shape index (κ2) is 6.44. The maximum atomic E-state index is 11.7. The number of ether oxygens (including phenoxy) is 1. The highest BCUT2D eigenvalue weighted by atomic mass is 16.5. The maximum Gasteiger partial charge on any atom is 0.317 e. The molecular formula is C11H20N2O4. The first-order valence-electron chi connectivity index (χ1n) is 5.79. The number of urea groups is 1. The van der Waals surface area contributed by atoms with Crippen molar-refractivity contribution in [3.05, 3.63) is 0 Å². The topological polar surface area (TPSA) is 78.9 Å². The fraction of sp³-hybridized carbons (Fsp3) is 0.818. The number of amides is 2. The van der Waals surface area contributed by atoms with Crippen molar-refractivity contribution in [2.45, 2.75) is 37.8 Å². The summed E-state index contributed by atoms with van der Waals surface area (Å²) >= 11 is 0. The average Bonchev–Trinajstić information content (AvgIpc) is 2.73. The van der Waals surface area contributed by atoms with Gasteiger partial charge in [-0.05, 0) is 19.3 Å². The van der Waals surface area contributed by atoms with Crippen LogP contribution < -0.4 is 5.32 Å². The molecule has 1 fully saturated rings. The standard InChI is InChI=1S/C11H20N2O4/c1-13(6-5-10(14)15)11(16)12-8-3-4-9(7-8)17-2/h8-9H,3-7H2,1-2H3,(H,12,16)(H,14,15). The first kappa shape index (κ1) is 13.8. The summed E-state index contributed by atoms with van der Waals surface area (Å²) in [5.74, 6) is -0.898. The Morgan fingerprint density at radius 3 is 2.71 bits per heavy atom. The Morgan fingerprint density at radius 1 is 1.47 bits per heavy atom. The van der Waals surface area contributed by atoms with E-state index in [1.165, 1.54) is 4.90 Å². The van der Waals surface area contributed by atoms with E-state index >= 15 is 0 Å². The largest absolute Gasteiger partial charge is 0.481 e. The van der Waals surface area contributed by atoms with Crippen LogP contribution >= 0.6 is 0 Å². The van der Waals surface area contributed by atoms with Crippen LogP contribution in [0, 0.1) is 0 Å². The molecule has 2 amide bonds. The van der Waals surface area contributed by atoms with Crippen LogP contribution in [-0.4, -0.2) is 54.9 Å². The molecule has 0 heterocycles. The van der Waals surface area contributed by atoms with E-state index in [1.54, 1.807) is 14.2 Å². The van der Waals surface area contributed by atoms with Gasteiger partial charge in [0.15, 0.2) is 0 Å². The third-order valence-electron chi connectivity index (χ3n) is 3.05. The molecule has 0 radical (unpaired) electrons. The summed E-state index contributed by atoms with van der Waals surface area (Å²) in [4.78, 5) is 23.5. The number of hydrogen-bond donors (Lipinski definition) is 2. The lowest BCUT2D eigenvalue weighted by molar-refractivity contribution is -0.137. The SMILES string of the molecule is COC1CCC(NC(=O)N(C)CCC(=O)O)C1. The molecular weight excluding hydrogens is 224 g/mol. The van der Waals surface area contributed by atoms with E-state index < -0.39 is 5.97 Å². The highest BCUT2D eigenvalue weighted by Gasteiger charge is 2.26. The molecule has 0 aliphatic heterocycles. The molecule has 2 unspecified atom stereocenters. The van der Waals surface area contributed by atoms with Gasteiger partial charge in [-0.2, -0.15) is 0 Å². The molecule has 0 bridgehead atoms. The van der Waals surface area contributed by atoms with E-state index in [2.05, 4.69) is 5.32 Å². The molecule has 1 saturated carbocycles. The fourth-order valence-corrected chi connectivity index (χ4v) is 1.93. The zero-order valence-corrected chi connectivity index (χ0v) is 10.3. The molecule has 6 heteroatoms. The van der Waals surface area contributed by atoms with Crippen molar-refractivity contribution in [1.29, 1.82) is 0 Å². The normalized spacial score (nSPS) is 23.4. The summed E-state index contributed by atoms with van der Waals surface area (Å²) in [6.07, 6.45) is 2.89. The smallest absolute Gasteiger partial charge is 0.317 e.